The minimum Gasteiger partial charge on any atom is -0.380 e. The maximum atomic E-state index is 8.67. The van der Waals surface area contributed by atoms with Crippen LogP contribution in [0.5, 0.6) is 0 Å². The van der Waals surface area contributed by atoms with Crippen LogP contribution in [0.25, 0.3) is 0 Å². The third-order valence-electron chi connectivity index (χ3n) is 2.86. The molecule has 0 saturated carbocycles. The first kappa shape index (κ1) is 11.1. The van der Waals surface area contributed by atoms with Crippen LogP contribution in [0.3, 0.4) is 0 Å². The minimum absolute atomic E-state index is 0.312. The normalized spacial score (nSPS) is 17.5. The van der Waals surface area contributed by atoms with Gasteiger partial charge in [-0.25, -0.2) is 0 Å². The second-order valence-electron chi connectivity index (χ2n) is 4.72. The number of nitriles is 1. The average Bonchev–Trinajstić information content (AvgIpc) is 2.28. The Kier molecular flexibility index (Phi) is 3.23. The van der Waals surface area contributed by atoms with Gasteiger partial charge < -0.3 is 10.1 Å². The van der Waals surface area contributed by atoms with Gasteiger partial charge in [0.1, 0.15) is 0 Å². The first-order valence-electron chi connectivity index (χ1n) is 5.49. The van der Waals surface area contributed by atoms with Crippen LogP contribution in [-0.4, -0.2) is 19.8 Å². The zero-order valence-corrected chi connectivity index (χ0v) is 9.49. The Morgan fingerprint density at radius 1 is 1.38 bits per heavy atom. The van der Waals surface area contributed by atoms with Crippen molar-refractivity contribution in [1.29, 1.82) is 5.26 Å². The maximum absolute atomic E-state index is 8.67. The molecule has 0 aromatic heterocycles. The largest absolute Gasteiger partial charge is 0.380 e. The van der Waals surface area contributed by atoms with Crippen molar-refractivity contribution >= 4 is 0 Å². The fraction of sp³-hybridized carbons (Fsp3) is 0.462. The van der Waals surface area contributed by atoms with Crippen molar-refractivity contribution in [2.24, 2.45) is 5.41 Å². The standard InChI is InChI=1S/C13H16N2O/c1-13(9-16-10-13)8-15-7-12-4-2-11(6-14)3-5-12/h2-5,15H,7-10H2,1H3. The Bertz CT molecular complexity index is 387. The molecule has 0 amide bonds. The van der Waals surface area contributed by atoms with Crippen molar-refractivity contribution in [3.05, 3.63) is 35.4 Å². The predicted octanol–water partition coefficient (Wildman–Crippen LogP) is 1.68. The molecule has 1 aromatic carbocycles. The van der Waals surface area contributed by atoms with E-state index in [1.54, 1.807) is 0 Å². The molecule has 3 nitrogen and oxygen atoms in total. The second-order valence-corrected chi connectivity index (χ2v) is 4.72. The Hall–Kier alpha value is -1.37. The summed E-state index contributed by atoms with van der Waals surface area (Å²) in [6.07, 6.45) is 0. The topological polar surface area (TPSA) is 45.0 Å². The summed E-state index contributed by atoms with van der Waals surface area (Å²) in [4.78, 5) is 0. The summed E-state index contributed by atoms with van der Waals surface area (Å²) < 4.78 is 5.19. The average molecular weight is 216 g/mol. The number of benzene rings is 1. The number of hydrogen-bond donors (Lipinski definition) is 1. The van der Waals surface area contributed by atoms with E-state index in [0.29, 0.717) is 11.0 Å². The molecule has 3 heteroatoms. The molecule has 0 atom stereocenters. The smallest absolute Gasteiger partial charge is 0.0991 e. The van der Waals surface area contributed by atoms with Crippen molar-refractivity contribution in [3.63, 3.8) is 0 Å². The molecule has 84 valence electrons. The van der Waals surface area contributed by atoms with Crippen LogP contribution < -0.4 is 5.32 Å². The predicted molar refractivity (Wildman–Crippen MR) is 61.8 cm³/mol. The third kappa shape index (κ3) is 2.60. The zero-order chi connectivity index (χ0) is 11.4. The zero-order valence-electron chi connectivity index (χ0n) is 9.49. The van der Waals surface area contributed by atoms with Crippen LogP contribution in [-0.2, 0) is 11.3 Å². The number of hydrogen-bond acceptors (Lipinski definition) is 3. The Morgan fingerprint density at radius 2 is 2.06 bits per heavy atom. The lowest BCUT2D eigenvalue weighted by molar-refractivity contribution is -0.0991. The lowest BCUT2D eigenvalue weighted by Gasteiger charge is -2.38. The Morgan fingerprint density at radius 3 is 2.56 bits per heavy atom. The highest BCUT2D eigenvalue weighted by molar-refractivity contribution is 5.31. The fourth-order valence-corrected chi connectivity index (χ4v) is 1.76. The van der Waals surface area contributed by atoms with Crippen LogP contribution in [0.4, 0.5) is 0 Å². The molecular formula is C13H16N2O. The Balaban J connectivity index is 1.79. The molecule has 1 fully saturated rings. The molecule has 1 N–H and O–H groups in total. The van der Waals surface area contributed by atoms with Gasteiger partial charge in [0.05, 0.1) is 24.8 Å². The van der Waals surface area contributed by atoms with Crippen molar-refractivity contribution in [2.45, 2.75) is 13.5 Å². The summed E-state index contributed by atoms with van der Waals surface area (Å²) in [7, 11) is 0. The molecule has 1 aromatic rings. The number of nitrogens with one attached hydrogen (secondary N) is 1. The summed E-state index contributed by atoms with van der Waals surface area (Å²) in [6, 6.07) is 9.80. The third-order valence-corrected chi connectivity index (χ3v) is 2.86. The molecule has 0 unspecified atom stereocenters. The van der Waals surface area contributed by atoms with Gasteiger partial charge in [0, 0.05) is 18.5 Å². The van der Waals surface area contributed by atoms with Gasteiger partial charge in [-0.3, -0.25) is 0 Å². The molecule has 1 saturated heterocycles. The van der Waals surface area contributed by atoms with Gasteiger partial charge in [-0.1, -0.05) is 19.1 Å². The van der Waals surface area contributed by atoms with Crippen LogP contribution in [0, 0.1) is 16.7 Å². The fourth-order valence-electron chi connectivity index (χ4n) is 1.76. The van der Waals surface area contributed by atoms with E-state index in [0.717, 1.165) is 26.3 Å². The Labute approximate surface area is 96.0 Å². The number of nitrogens with zero attached hydrogens (tertiary/aromatic N) is 1. The summed E-state index contributed by atoms with van der Waals surface area (Å²) >= 11 is 0. The lowest BCUT2D eigenvalue weighted by atomic mass is 9.89. The highest BCUT2D eigenvalue weighted by Crippen LogP contribution is 2.25. The molecule has 0 spiro atoms. The van der Waals surface area contributed by atoms with Gasteiger partial charge in [0.25, 0.3) is 0 Å². The molecule has 1 heterocycles. The lowest BCUT2D eigenvalue weighted by Crippen LogP contribution is -2.47. The number of ether oxygens (including phenoxy) is 1. The SMILES string of the molecule is CC1(CNCc2ccc(C#N)cc2)COC1. The minimum atomic E-state index is 0.312. The van der Waals surface area contributed by atoms with Crippen LogP contribution in [0.15, 0.2) is 24.3 Å². The van der Waals surface area contributed by atoms with E-state index in [1.165, 1.54) is 5.56 Å². The second kappa shape index (κ2) is 4.65. The highest BCUT2D eigenvalue weighted by atomic mass is 16.5. The van der Waals surface area contributed by atoms with E-state index < -0.39 is 0 Å². The molecule has 1 aliphatic heterocycles. The summed E-state index contributed by atoms with van der Waals surface area (Å²) in [5, 5.41) is 12.1. The molecule has 0 bridgehead atoms. The van der Waals surface area contributed by atoms with E-state index >= 15 is 0 Å². The van der Waals surface area contributed by atoms with Crippen molar-refractivity contribution < 1.29 is 4.74 Å². The van der Waals surface area contributed by atoms with Gasteiger partial charge in [0.15, 0.2) is 0 Å². The molecule has 2 rings (SSSR count). The highest BCUT2D eigenvalue weighted by Gasteiger charge is 2.32. The maximum Gasteiger partial charge on any atom is 0.0991 e. The van der Waals surface area contributed by atoms with Gasteiger partial charge in [-0.2, -0.15) is 5.26 Å². The monoisotopic (exact) mass is 216 g/mol. The van der Waals surface area contributed by atoms with Gasteiger partial charge >= 0.3 is 0 Å². The molecule has 16 heavy (non-hydrogen) atoms. The quantitative estimate of drug-likeness (QED) is 0.833. The van der Waals surface area contributed by atoms with Crippen LogP contribution >= 0.6 is 0 Å². The molecule has 0 aliphatic carbocycles. The summed E-state index contributed by atoms with van der Waals surface area (Å²) in [5.74, 6) is 0. The van der Waals surface area contributed by atoms with E-state index in [1.807, 2.05) is 24.3 Å². The summed E-state index contributed by atoms with van der Waals surface area (Å²) in [6.45, 7) is 5.76. The van der Waals surface area contributed by atoms with Gasteiger partial charge in [-0.05, 0) is 17.7 Å². The first-order valence-corrected chi connectivity index (χ1v) is 5.49. The van der Waals surface area contributed by atoms with E-state index in [2.05, 4.69) is 18.3 Å². The van der Waals surface area contributed by atoms with E-state index in [-0.39, 0.29) is 0 Å². The van der Waals surface area contributed by atoms with Crippen molar-refractivity contribution in [1.82, 2.24) is 5.32 Å². The molecule has 0 radical (unpaired) electrons. The van der Waals surface area contributed by atoms with E-state index in [9.17, 15) is 0 Å². The van der Waals surface area contributed by atoms with E-state index in [4.69, 9.17) is 10.00 Å². The van der Waals surface area contributed by atoms with Gasteiger partial charge in [-0.15, -0.1) is 0 Å². The van der Waals surface area contributed by atoms with Crippen LogP contribution in [0.2, 0.25) is 0 Å². The molecular weight excluding hydrogens is 200 g/mol. The summed E-state index contributed by atoms with van der Waals surface area (Å²) in [5.41, 5.74) is 2.23. The van der Waals surface area contributed by atoms with Crippen LogP contribution in [0.1, 0.15) is 18.1 Å². The number of rotatable bonds is 4. The molecule has 1 aliphatic rings. The van der Waals surface area contributed by atoms with Crippen molar-refractivity contribution in [3.8, 4) is 6.07 Å². The van der Waals surface area contributed by atoms with Crippen molar-refractivity contribution in [2.75, 3.05) is 19.8 Å². The first-order chi connectivity index (χ1) is 7.72. The van der Waals surface area contributed by atoms with Gasteiger partial charge in [0.2, 0.25) is 0 Å².